The quantitative estimate of drug-likeness (QED) is 0.852. The summed E-state index contributed by atoms with van der Waals surface area (Å²) in [6, 6.07) is 1.42. The Morgan fingerprint density at radius 2 is 2.16 bits per heavy atom. The minimum Gasteiger partial charge on any atom is -0.310 e. The highest BCUT2D eigenvalue weighted by molar-refractivity contribution is 4.91. The van der Waals surface area contributed by atoms with Gasteiger partial charge in [-0.1, -0.05) is 13.3 Å². The molecule has 2 saturated heterocycles. The Bertz CT molecular complexity index is 404. The highest BCUT2D eigenvalue weighted by atomic mass is 15.5. The van der Waals surface area contributed by atoms with Gasteiger partial charge < -0.3 is 5.32 Å². The first-order chi connectivity index (χ1) is 9.35. The monoisotopic (exact) mass is 264 g/mol. The van der Waals surface area contributed by atoms with Gasteiger partial charge in [0, 0.05) is 31.7 Å². The standard InChI is InChI=1S/C13H24N6/c1-2-3-7-19-13(15-16-17-19)10-18-8-6-11-4-5-12(9-18)14-11/h11-12,14H,2-10H2,1H3. The van der Waals surface area contributed by atoms with Gasteiger partial charge in [0.2, 0.25) is 0 Å². The van der Waals surface area contributed by atoms with Crippen LogP contribution in [0, 0.1) is 0 Å². The second kappa shape index (κ2) is 5.96. The van der Waals surface area contributed by atoms with Crippen LogP contribution in [0.3, 0.4) is 0 Å². The summed E-state index contributed by atoms with van der Waals surface area (Å²) in [6.45, 7) is 6.33. The van der Waals surface area contributed by atoms with E-state index in [4.69, 9.17) is 0 Å². The molecule has 1 aromatic heterocycles. The molecule has 3 rings (SSSR count). The topological polar surface area (TPSA) is 58.9 Å². The van der Waals surface area contributed by atoms with Crippen LogP contribution < -0.4 is 5.32 Å². The van der Waals surface area contributed by atoms with Gasteiger partial charge in [0.1, 0.15) is 0 Å². The molecule has 1 N–H and O–H groups in total. The maximum Gasteiger partial charge on any atom is 0.165 e. The van der Waals surface area contributed by atoms with Crippen molar-refractivity contribution in [2.45, 2.75) is 64.2 Å². The summed E-state index contributed by atoms with van der Waals surface area (Å²) in [7, 11) is 0. The molecule has 2 unspecified atom stereocenters. The maximum atomic E-state index is 4.20. The molecule has 1 aromatic rings. The van der Waals surface area contributed by atoms with Gasteiger partial charge >= 0.3 is 0 Å². The van der Waals surface area contributed by atoms with E-state index in [1.165, 1.54) is 25.7 Å². The predicted octanol–water partition coefficient (Wildman–Crippen LogP) is 0.799. The van der Waals surface area contributed by atoms with Gasteiger partial charge in [-0.3, -0.25) is 4.90 Å². The Labute approximate surface area is 114 Å². The first-order valence-corrected chi connectivity index (χ1v) is 7.58. The third-order valence-electron chi connectivity index (χ3n) is 4.30. The van der Waals surface area contributed by atoms with Crippen molar-refractivity contribution in [3.8, 4) is 0 Å². The first kappa shape index (κ1) is 13.0. The summed E-state index contributed by atoms with van der Waals surface area (Å²) < 4.78 is 1.97. The average molecular weight is 264 g/mol. The SMILES string of the molecule is CCCCn1nnnc1CN1CCC2CCC(C1)N2. The Morgan fingerprint density at radius 3 is 3.05 bits per heavy atom. The number of nitrogens with one attached hydrogen (secondary N) is 1. The molecular weight excluding hydrogens is 240 g/mol. The molecule has 0 spiro atoms. The highest BCUT2D eigenvalue weighted by Crippen LogP contribution is 2.21. The molecule has 2 atom stereocenters. The molecule has 3 heterocycles. The fraction of sp³-hybridized carbons (Fsp3) is 0.923. The summed E-state index contributed by atoms with van der Waals surface area (Å²) in [4.78, 5) is 2.50. The van der Waals surface area contributed by atoms with E-state index in [1.54, 1.807) is 0 Å². The maximum absolute atomic E-state index is 4.20. The summed E-state index contributed by atoms with van der Waals surface area (Å²) in [5.74, 6) is 1.02. The third kappa shape index (κ3) is 3.12. The van der Waals surface area contributed by atoms with Crippen LogP contribution in [0.5, 0.6) is 0 Å². The number of fused-ring (bicyclic) bond motifs is 2. The smallest absolute Gasteiger partial charge is 0.165 e. The number of hydrogen-bond acceptors (Lipinski definition) is 5. The number of aryl methyl sites for hydroxylation is 1. The molecule has 6 nitrogen and oxygen atoms in total. The highest BCUT2D eigenvalue weighted by Gasteiger charge is 2.29. The Hall–Kier alpha value is -1.01. The van der Waals surface area contributed by atoms with E-state index in [9.17, 15) is 0 Å². The van der Waals surface area contributed by atoms with Crippen LogP contribution >= 0.6 is 0 Å². The second-order valence-electron chi connectivity index (χ2n) is 5.83. The molecule has 0 saturated carbocycles. The number of rotatable bonds is 5. The fourth-order valence-electron chi connectivity index (χ4n) is 3.18. The van der Waals surface area contributed by atoms with Crippen molar-refractivity contribution in [2.75, 3.05) is 13.1 Å². The predicted molar refractivity (Wildman–Crippen MR) is 72.6 cm³/mol. The van der Waals surface area contributed by atoms with E-state index in [0.29, 0.717) is 6.04 Å². The Balaban J connectivity index is 1.60. The molecule has 0 aliphatic carbocycles. The van der Waals surface area contributed by atoms with Gasteiger partial charge in [-0.05, 0) is 36.1 Å². The molecule has 2 aliphatic rings. The lowest BCUT2D eigenvalue weighted by atomic mass is 10.1. The second-order valence-corrected chi connectivity index (χ2v) is 5.83. The zero-order chi connectivity index (χ0) is 13.1. The van der Waals surface area contributed by atoms with Crippen molar-refractivity contribution in [1.82, 2.24) is 30.4 Å². The number of likely N-dealkylation sites (tertiary alicyclic amines) is 1. The molecule has 2 bridgehead atoms. The van der Waals surface area contributed by atoms with Crippen LogP contribution in [0.1, 0.15) is 44.9 Å². The van der Waals surface area contributed by atoms with Gasteiger partial charge in [0.05, 0.1) is 6.54 Å². The van der Waals surface area contributed by atoms with Crippen molar-refractivity contribution in [3.05, 3.63) is 5.82 Å². The van der Waals surface area contributed by atoms with Gasteiger partial charge in [-0.2, -0.15) is 0 Å². The van der Waals surface area contributed by atoms with Crippen LogP contribution in [0.4, 0.5) is 0 Å². The van der Waals surface area contributed by atoms with Crippen molar-refractivity contribution in [1.29, 1.82) is 0 Å². The molecule has 2 fully saturated rings. The van der Waals surface area contributed by atoms with Gasteiger partial charge in [-0.25, -0.2) is 4.68 Å². The van der Waals surface area contributed by atoms with E-state index in [1.807, 2.05) is 4.68 Å². The van der Waals surface area contributed by atoms with Crippen LogP contribution in [0.15, 0.2) is 0 Å². The van der Waals surface area contributed by atoms with Crippen LogP contribution in [0.2, 0.25) is 0 Å². The number of tetrazole rings is 1. The summed E-state index contributed by atoms with van der Waals surface area (Å²) in [6.07, 6.45) is 6.25. The normalized spacial score (nSPS) is 27.6. The molecule has 106 valence electrons. The van der Waals surface area contributed by atoms with Gasteiger partial charge in [0.15, 0.2) is 5.82 Å². The Morgan fingerprint density at radius 1 is 1.26 bits per heavy atom. The Kier molecular flexibility index (Phi) is 4.08. The summed E-state index contributed by atoms with van der Waals surface area (Å²) in [5, 5.41) is 15.8. The lowest BCUT2D eigenvalue weighted by molar-refractivity contribution is 0.240. The van der Waals surface area contributed by atoms with Crippen molar-refractivity contribution in [3.63, 3.8) is 0 Å². The summed E-state index contributed by atoms with van der Waals surface area (Å²) >= 11 is 0. The molecule has 6 heteroatoms. The minimum absolute atomic E-state index is 0.674. The van der Waals surface area contributed by atoms with E-state index < -0.39 is 0 Å². The molecule has 2 aliphatic heterocycles. The lowest BCUT2D eigenvalue weighted by Crippen LogP contribution is -2.35. The van der Waals surface area contributed by atoms with Crippen molar-refractivity contribution < 1.29 is 0 Å². The molecule has 19 heavy (non-hydrogen) atoms. The summed E-state index contributed by atoms with van der Waals surface area (Å²) in [5.41, 5.74) is 0. The average Bonchev–Trinajstić information content (AvgIpc) is 2.96. The van der Waals surface area contributed by atoms with Crippen molar-refractivity contribution in [2.24, 2.45) is 0 Å². The van der Waals surface area contributed by atoms with Gasteiger partial charge in [-0.15, -0.1) is 5.10 Å². The zero-order valence-electron chi connectivity index (χ0n) is 11.8. The number of unbranched alkanes of at least 4 members (excludes halogenated alkanes) is 1. The van der Waals surface area contributed by atoms with E-state index in [0.717, 1.165) is 44.5 Å². The van der Waals surface area contributed by atoms with E-state index >= 15 is 0 Å². The molecular formula is C13H24N6. The van der Waals surface area contributed by atoms with E-state index in [-0.39, 0.29) is 0 Å². The van der Waals surface area contributed by atoms with Crippen LogP contribution in [-0.2, 0) is 13.1 Å². The number of hydrogen-bond donors (Lipinski definition) is 1. The largest absolute Gasteiger partial charge is 0.310 e. The number of aromatic nitrogens is 4. The van der Waals surface area contributed by atoms with Gasteiger partial charge in [0.25, 0.3) is 0 Å². The minimum atomic E-state index is 0.674. The first-order valence-electron chi connectivity index (χ1n) is 7.58. The number of nitrogens with zero attached hydrogens (tertiary/aromatic N) is 5. The molecule has 0 amide bonds. The molecule has 0 radical (unpaired) electrons. The molecule has 0 aromatic carbocycles. The van der Waals surface area contributed by atoms with Crippen LogP contribution in [-0.4, -0.2) is 50.3 Å². The third-order valence-corrected chi connectivity index (χ3v) is 4.30. The lowest BCUT2D eigenvalue weighted by Gasteiger charge is -2.23. The zero-order valence-corrected chi connectivity index (χ0v) is 11.8. The van der Waals surface area contributed by atoms with Crippen molar-refractivity contribution >= 4 is 0 Å². The van der Waals surface area contributed by atoms with E-state index in [2.05, 4.69) is 32.7 Å². The fourth-order valence-corrected chi connectivity index (χ4v) is 3.18. The van der Waals surface area contributed by atoms with Crippen LogP contribution in [0.25, 0.3) is 0 Å².